The normalized spacial score (nSPS) is 23.4. The van der Waals surface area contributed by atoms with Crippen LogP contribution in [0.3, 0.4) is 0 Å². The van der Waals surface area contributed by atoms with E-state index in [1.165, 1.54) is 24.1 Å². The van der Waals surface area contributed by atoms with Crippen LogP contribution in [-0.4, -0.2) is 18.1 Å². The third-order valence-corrected chi connectivity index (χ3v) is 4.82. The molecule has 0 amide bonds. The average Bonchev–Trinajstić information content (AvgIpc) is 2.39. The molecule has 1 N–H and O–H groups in total. The van der Waals surface area contributed by atoms with E-state index in [4.69, 9.17) is 11.6 Å². The van der Waals surface area contributed by atoms with Crippen LogP contribution in [0, 0.1) is 5.92 Å². The Bertz CT molecular complexity index is 479. The van der Waals surface area contributed by atoms with Gasteiger partial charge in [-0.1, -0.05) is 24.6 Å². The Morgan fingerprint density at radius 1 is 1.29 bits per heavy atom. The monoisotopic (exact) mass is 308 g/mol. The first kappa shape index (κ1) is 16.6. The van der Waals surface area contributed by atoms with Crippen molar-refractivity contribution in [3.05, 3.63) is 28.8 Å². The summed E-state index contributed by atoms with van der Waals surface area (Å²) in [6, 6.07) is 7.07. The van der Waals surface area contributed by atoms with E-state index in [-0.39, 0.29) is 5.54 Å². The number of rotatable bonds is 3. The highest BCUT2D eigenvalue weighted by Crippen LogP contribution is 2.33. The highest BCUT2D eigenvalue weighted by Gasteiger charge is 2.26. The minimum absolute atomic E-state index is 0.127. The number of piperidine rings is 1. The standard InChI is InChI=1S/C18H29ClN2/c1-13-7-6-10-21(14(13)2)17-9-8-15(11-16(17)19)12-20-18(3,4)5/h8-9,11,13-14,20H,6-7,10,12H2,1-5H3. The molecule has 0 radical (unpaired) electrons. The molecule has 1 aliphatic rings. The summed E-state index contributed by atoms with van der Waals surface area (Å²) in [4.78, 5) is 2.47. The van der Waals surface area contributed by atoms with Gasteiger partial charge in [0.05, 0.1) is 10.7 Å². The van der Waals surface area contributed by atoms with E-state index < -0.39 is 0 Å². The molecule has 1 heterocycles. The Kier molecular flexibility index (Phi) is 5.21. The highest BCUT2D eigenvalue weighted by molar-refractivity contribution is 6.33. The van der Waals surface area contributed by atoms with Crippen LogP contribution in [0.4, 0.5) is 5.69 Å². The van der Waals surface area contributed by atoms with E-state index in [9.17, 15) is 0 Å². The number of nitrogens with zero attached hydrogens (tertiary/aromatic N) is 1. The number of hydrogen-bond donors (Lipinski definition) is 1. The minimum Gasteiger partial charge on any atom is -0.367 e. The van der Waals surface area contributed by atoms with E-state index in [1.54, 1.807) is 0 Å². The lowest BCUT2D eigenvalue weighted by atomic mass is 9.91. The van der Waals surface area contributed by atoms with Crippen LogP contribution in [0.5, 0.6) is 0 Å². The molecule has 0 bridgehead atoms. The summed E-state index contributed by atoms with van der Waals surface area (Å²) in [7, 11) is 0. The van der Waals surface area contributed by atoms with Crippen molar-refractivity contribution in [2.45, 2.75) is 65.6 Å². The van der Waals surface area contributed by atoms with Crippen molar-refractivity contribution in [1.29, 1.82) is 0 Å². The molecular weight excluding hydrogens is 280 g/mol. The molecule has 2 nitrogen and oxygen atoms in total. The molecule has 3 heteroatoms. The third-order valence-electron chi connectivity index (χ3n) is 4.52. The van der Waals surface area contributed by atoms with Gasteiger partial charge in [-0.3, -0.25) is 0 Å². The van der Waals surface area contributed by atoms with Crippen LogP contribution in [0.15, 0.2) is 18.2 Å². The molecule has 0 saturated carbocycles. The molecule has 2 unspecified atom stereocenters. The fraction of sp³-hybridized carbons (Fsp3) is 0.667. The zero-order valence-electron chi connectivity index (χ0n) is 14.0. The largest absolute Gasteiger partial charge is 0.367 e. The van der Waals surface area contributed by atoms with E-state index in [2.05, 4.69) is 63.0 Å². The number of benzene rings is 1. The first-order valence-electron chi connectivity index (χ1n) is 8.08. The van der Waals surface area contributed by atoms with Gasteiger partial charge >= 0.3 is 0 Å². The molecule has 0 aromatic heterocycles. The predicted octanol–water partition coefficient (Wildman–Crippen LogP) is 4.85. The van der Waals surface area contributed by atoms with E-state index >= 15 is 0 Å². The second kappa shape index (κ2) is 6.58. The van der Waals surface area contributed by atoms with E-state index in [0.717, 1.165) is 24.0 Å². The van der Waals surface area contributed by atoms with Gasteiger partial charge in [-0.15, -0.1) is 0 Å². The molecule has 118 valence electrons. The van der Waals surface area contributed by atoms with Crippen molar-refractivity contribution in [2.24, 2.45) is 5.92 Å². The maximum Gasteiger partial charge on any atom is 0.0642 e. The highest BCUT2D eigenvalue weighted by atomic mass is 35.5. The summed E-state index contributed by atoms with van der Waals surface area (Å²) < 4.78 is 0. The molecule has 21 heavy (non-hydrogen) atoms. The second-order valence-electron chi connectivity index (χ2n) is 7.44. The Labute approximate surface area is 134 Å². The number of halogens is 1. The molecule has 0 aliphatic carbocycles. The Morgan fingerprint density at radius 3 is 2.62 bits per heavy atom. The predicted molar refractivity (Wildman–Crippen MR) is 93.3 cm³/mol. The van der Waals surface area contributed by atoms with Gasteiger partial charge in [-0.2, -0.15) is 0 Å². The summed E-state index contributed by atoms with van der Waals surface area (Å²) in [5, 5.41) is 4.39. The second-order valence-corrected chi connectivity index (χ2v) is 7.85. The van der Waals surface area contributed by atoms with Gasteiger partial charge in [-0.25, -0.2) is 0 Å². The summed E-state index contributed by atoms with van der Waals surface area (Å²) >= 11 is 6.56. The van der Waals surface area contributed by atoms with Gasteiger partial charge in [0.15, 0.2) is 0 Å². The smallest absolute Gasteiger partial charge is 0.0642 e. The van der Waals surface area contributed by atoms with Crippen LogP contribution in [-0.2, 0) is 6.54 Å². The topological polar surface area (TPSA) is 15.3 Å². The van der Waals surface area contributed by atoms with Crippen LogP contribution >= 0.6 is 11.6 Å². The van der Waals surface area contributed by atoms with Gasteiger partial charge in [0.25, 0.3) is 0 Å². The lowest BCUT2D eigenvalue weighted by Gasteiger charge is -2.40. The van der Waals surface area contributed by atoms with Crippen molar-refractivity contribution in [3.8, 4) is 0 Å². The summed E-state index contributed by atoms with van der Waals surface area (Å²) in [6.45, 7) is 13.2. The van der Waals surface area contributed by atoms with Gasteiger partial charge in [0.1, 0.15) is 0 Å². The average molecular weight is 309 g/mol. The summed E-state index contributed by atoms with van der Waals surface area (Å²) in [5.74, 6) is 0.733. The van der Waals surface area contributed by atoms with Crippen molar-refractivity contribution in [1.82, 2.24) is 5.32 Å². The molecule has 0 spiro atoms. The molecule has 1 saturated heterocycles. The lowest BCUT2D eigenvalue weighted by molar-refractivity contribution is 0.363. The van der Waals surface area contributed by atoms with Gasteiger partial charge in [0, 0.05) is 24.7 Å². The van der Waals surface area contributed by atoms with Gasteiger partial charge in [0.2, 0.25) is 0 Å². The summed E-state index contributed by atoms with van der Waals surface area (Å²) in [6.07, 6.45) is 2.58. The van der Waals surface area contributed by atoms with E-state index in [1.807, 2.05) is 0 Å². The maximum atomic E-state index is 6.56. The molecule has 1 aromatic carbocycles. The molecular formula is C18H29ClN2. The fourth-order valence-electron chi connectivity index (χ4n) is 2.94. The lowest BCUT2D eigenvalue weighted by Crippen LogP contribution is -2.42. The minimum atomic E-state index is 0.127. The van der Waals surface area contributed by atoms with E-state index in [0.29, 0.717) is 6.04 Å². The first-order valence-corrected chi connectivity index (χ1v) is 8.46. The Balaban J connectivity index is 2.12. The van der Waals surface area contributed by atoms with Gasteiger partial charge < -0.3 is 10.2 Å². The number of nitrogens with one attached hydrogen (secondary N) is 1. The van der Waals surface area contributed by atoms with Crippen LogP contribution < -0.4 is 10.2 Å². The molecule has 1 fully saturated rings. The molecule has 1 aliphatic heterocycles. The molecule has 1 aromatic rings. The third kappa shape index (κ3) is 4.37. The number of hydrogen-bond acceptors (Lipinski definition) is 2. The molecule has 2 rings (SSSR count). The van der Waals surface area contributed by atoms with Crippen molar-refractivity contribution >= 4 is 17.3 Å². The molecule has 2 atom stereocenters. The zero-order chi connectivity index (χ0) is 15.6. The van der Waals surface area contributed by atoms with Crippen LogP contribution in [0.2, 0.25) is 5.02 Å². The van der Waals surface area contributed by atoms with Gasteiger partial charge in [-0.05, 0) is 64.2 Å². The van der Waals surface area contributed by atoms with Crippen molar-refractivity contribution in [3.63, 3.8) is 0 Å². The van der Waals surface area contributed by atoms with Crippen molar-refractivity contribution in [2.75, 3.05) is 11.4 Å². The fourth-order valence-corrected chi connectivity index (χ4v) is 3.25. The quantitative estimate of drug-likeness (QED) is 0.858. The van der Waals surface area contributed by atoms with Crippen molar-refractivity contribution < 1.29 is 0 Å². The zero-order valence-corrected chi connectivity index (χ0v) is 14.8. The Hall–Kier alpha value is -0.730. The van der Waals surface area contributed by atoms with Crippen LogP contribution in [0.25, 0.3) is 0 Å². The SMILES string of the molecule is CC1CCCN(c2ccc(CNC(C)(C)C)cc2Cl)C1C. The van der Waals surface area contributed by atoms with Crippen LogP contribution in [0.1, 0.15) is 53.0 Å². The first-order chi connectivity index (χ1) is 9.78. The summed E-state index contributed by atoms with van der Waals surface area (Å²) in [5.41, 5.74) is 2.56. The Morgan fingerprint density at radius 2 is 2.00 bits per heavy atom. The maximum absolute atomic E-state index is 6.56. The number of anilines is 1.